The Hall–Kier alpha value is -4.29. The lowest BCUT2D eigenvalue weighted by Crippen LogP contribution is -2.71. The number of hydrogen-bond donors (Lipinski definition) is 28. The average Bonchev–Trinajstić information content (AvgIpc) is 0.766. The van der Waals surface area contributed by atoms with Crippen LogP contribution in [-0.4, -0.2) is 488 Å². The van der Waals surface area contributed by atoms with Crippen molar-refractivity contribution in [1.29, 1.82) is 0 Å². The van der Waals surface area contributed by atoms with Crippen LogP contribution in [0.25, 0.3) is 0 Å². The first-order valence-electron chi connectivity index (χ1n) is 37.9. The van der Waals surface area contributed by atoms with Crippen molar-refractivity contribution in [3.8, 4) is 0 Å². The standard InChI is InChI=1S/C67H112N4O47/c1-18-24(84)7-67(103-17-79,118-53(18)38(86)25(85)8-72)102-16-33-42(90)48(96)51(99)63(111-33)113-55-30(13-77)109-62(37(47(55)95)71-23(6)83)117-59-50(98)41(89)28(11-75)107-66(59)115-57-43(91)32(15-101-65-58(49(97)40(88)27(10-74)106-65)116-60-35(69-21(4)81)44(92)39(87)26(9-73)105-60)110-64(52(57)100)114-56-31(14-78)108-61(36(46(56)94)70-22(5)82)112-54-29(12-76)104-19(2)34(45(54)93)68-20(3)80/h17-19,24-66,72-78,84-100H,7-16H2,1-6H3,(H,68,80)(H,69,81)(H,70,82)(H,71,83)/t18-,19+,24-,25-,26+,27?,28?,29?,30?,31?,32?,33?,34-,35?,36+,37?,38-,39-,40-,41-,42+,43-,44?,45?,46?,47-,48+,49+,50?,51?,52-,53?,54-,55-,56-,57?,58?,59?,60+,61+,62+,63+,64+,65+,66-,67+/m1/s1. The monoisotopic (exact) mass is 1720 g/mol. The van der Waals surface area contributed by atoms with Gasteiger partial charge in [0.1, 0.15) is 201 Å². The molecule has 9 aliphatic heterocycles. The van der Waals surface area contributed by atoms with Gasteiger partial charge in [-0.25, -0.2) is 0 Å². The highest BCUT2D eigenvalue weighted by atomic mass is 16.9. The molecule has 4 amide bonds. The predicted molar refractivity (Wildman–Crippen MR) is 367 cm³/mol. The van der Waals surface area contributed by atoms with Crippen LogP contribution in [0.5, 0.6) is 0 Å². The third kappa shape index (κ3) is 21.8. The second-order valence-electron chi connectivity index (χ2n) is 30.1. The normalized spacial score (nSPS) is 47.5. The van der Waals surface area contributed by atoms with Gasteiger partial charge in [0.05, 0.1) is 90.2 Å². The van der Waals surface area contributed by atoms with Crippen molar-refractivity contribution in [3.63, 3.8) is 0 Å². The van der Waals surface area contributed by atoms with Crippen LogP contribution in [0.4, 0.5) is 0 Å². The summed E-state index contributed by atoms with van der Waals surface area (Å²) in [5.74, 6) is -7.07. The molecule has 9 fully saturated rings. The Morgan fingerprint density at radius 2 is 0.737 bits per heavy atom. The lowest BCUT2D eigenvalue weighted by molar-refractivity contribution is -0.424. The second kappa shape index (κ2) is 42.6. The van der Waals surface area contributed by atoms with Crippen molar-refractivity contribution < 1.29 is 232 Å². The summed E-state index contributed by atoms with van der Waals surface area (Å²) in [6.07, 6.45) is -82.2. The average molecular weight is 1730 g/mol. The van der Waals surface area contributed by atoms with E-state index < -0.39 is 371 Å². The first-order valence-corrected chi connectivity index (χ1v) is 37.9. The highest BCUT2D eigenvalue weighted by Gasteiger charge is 2.61. The molecular formula is C67H112N4O47. The summed E-state index contributed by atoms with van der Waals surface area (Å²) < 4.78 is 107. The zero-order chi connectivity index (χ0) is 87.1. The summed E-state index contributed by atoms with van der Waals surface area (Å²) >= 11 is 0. The Kier molecular flexibility index (Phi) is 35.2. The summed E-state index contributed by atoms with van der Waals surface area (Å²) in [4.78, 5) is 62.8. The van der Waals surface area contributed by atoms with Gasteiger partial charge in [0.15, 0.2) is 44.0 Å². The molecule has 0 saturated carbocycles. The van der Waals surface area contributed by atoms with Gasteiger partial charge < -0.3 is 229 Å². The molecule has 0 aromatic heterocycles. The van der Waals surface area contributed by atoms with Gasteiger partial charge in [-0.2, -0.15) is 0 Å². The molecular weight excluding hydrogens is 1610 g/mol. The molecule has 0 aromatic rings. The number of carbonyl (C=O) groups is 5. The lowest BCUT2D eigenvalue weighted by Gasteiger charge is -2.51. The van der Waals surface area contributed by atoms with Gasteiger partial charge in [0.2, 0.25) is 23.6 Å². The molecule has 28 N–H and O–H groups in total. The number of ether oxygens (including phenoxy) is 18. The molecule has 9 saturated heterocycles. The molecule has 9 heterocycles. The van der Waals surface area contributed by atoms with Gasteiger partial charge in [-0.3, -0.25) is 24.0 Å². The molecule has 0 spiro atoms. The first kappa shape index (κ1) is 97.5. The van der Waals surface area contributed by atoms with Gasteiger partial charge in [0, 0.05) is 33.6 Å². The lowest BCUT2D eigenvalue weighted by atomic mass is 9.87. The molecule has 0 bridgehead atoms. The Morgan fingerprint density at radius 3 is 1.19 bits per heavy atom. The Morgan fingerprint density at radius 1 is 0.381 bits per heavy atom. The largest absolute Gasteiger partial charge is 0.410 e. The highest BCUT2D eigenvalue weighted by Crippen LogP contribution is 2.42. The second-order valence-corrected chi connectivity index (χ2v) is 30.1. The molecule has 46 atom stereocenters. The smallest absolute Gasteiger partial charge is 0.332 e. The SMILES string of the molecule is CC(=O)NC1C(O)[C@H](O)[C@H](CO)O[C@H]1OC1[C@@H](OCC2O[C@@H](O[C@@H]3C(CO)O[C@@H](O[C@@H]4C(CO)O[C@@H](C)[C@@H](NC(C)=O)C4O)[C@@H](NC(C)=O)C3O)[C@H](O)C(O[C@H]3OC(CO)[C@@H](O)C(O)C3O[C@@H]3OC(CO)[C@@H](O[C@@H]4OC(CO[C@]5(OC=O)C[C@@H](O)[C@@H](C)C([C@H](O)[C@H](O)CO)O5)[C@H](O)[C@H](O)C4O)[C@H](O)C3NC(C)=O)[C@@H]2O)OC(CO)[C@@H](O)[C@@H]1O. The van der Waals surface area contributed by atoms with Crippen molar-refractivity contribution >= 4 is 30.1 Å². The maximum atomic E-state index is 13.2. The maximum absolute atomic E-state index is 13.2. The molecule has 118 heavy (non-hydrogen) atoms. The number of carbonyl (C=O) groups excluding carboxylic acids is 5. The minimum absolute atomic E-state index is 0.188. The maximum Gasteiger partial charge on any atom is 0.332 e. The summed E-state index contributed by atoms with van der Waals surface area (Å²) in [6.45, 7) is -3.02. The predicted octanol–water partition coefficient (Wildman–Crippen LogP) is -18.5. The van der Waals surface area contributed by atoms with Crippen LogP contribution < -0.4 is 21.3 Å². The summed E-state index contributed by atoms with van der Waals surface area (Å²) in [5.41, 5.74) is 0. The first-order chi connectivity index (χ1) is 55.8. The summed E-state index contributed by atoms with van der Waals surface area (Å²) in [5, 5.41) is 278. The van der Waals surface area contributed by atoms with Gasteiger partial charge >= 0.3 is 5.97 Å². The molecule has 9 rings (SSSR count). The van der Waals surface area contributed by atoms with Gasteiger partial charge in [-0.05, 0) is 6.92 Å². The Labute approximate surface area is 670 Å². The van der Waals surface area contributed by atoms with E-state index in [1.54, 1.807) is 0 Å². The fraction of sp³-hybridized carbons (Fsp3) is 0.925. The van der Waals surface area contributed by atoms with Crippen LogP contribution in [0.2, 0.25) is 0 Å². The minimum Gasteiger partial charge on any atom is -0.410 e. The highest BCUT2D eigenvalue weighted by molar-refractivity contribution is 5.74. The third-order valence-corrected chi connectivity index (χ3v) is 21.9. The molecule has 18 unspecified atom stereocenters. The molecule has 51 heteroatoms. The minimum atomic E-state index is -2.66. The number of nitrogens with one attached hydrogen (secondary N) is 4. The van der Waals surface area contributed by atoms with Crippen molar-refractivity contribution in [2.24, 2.45) is 5.92 Å². The topological polar surface area (TPSA) is 785 Å². The zero-order valence-electron chi connectivity index (χ0n) is 64.3. The van der Waals surface area contributed by atoms with E-state index >= 15 is 0 Å². The van der Waals surface area contributed by atoms with E-state index in [0.717, 1.165) is 27.7 Å². The fourth-order valence-corrected chi connectivity index (χ4v) is 15.4. The quantitative estimate of drug-likeness (QED) is 0.0214. The molecule has 9 aliphatic rings. The number of hydrogen-bond acceptors (Lipinski definition) is 47. The van der Waals surface area contributed by atoms with Crippen LogP contribution in [-0.2, 0) is 109 Å². The van der Waals surface area contributed by atoms with Crippen LogP contribution in [0.15, 0.2) is 0 Å². The zero-order valence-corrected chi connectivity index (χ0v) is 64.3. The number of amides is 4. The summed E-state index contributed by atoms with van der Waals surface area (Å²) in [6, 6.07) is -6.85. The van der Waals surface area contributed by atoms with E-state index in [1.807, 2.05) is 0 Å². The van der Waals surface area contributed by atoms with Crippen molar-refractivity contribution in [3.05, 3.63) is 0 Å². The van der Waals surface area contributed by atoms with Crippen molar-refractivity contribution in [1.82, 2.24) is 21.3 Å². The number of aliphatic hydroxyl groups excluding tert-OH is 24. The fourth-order valence-electron chi connectivity index (χ4n) is 15.4. The molecule has 0 aromatic carbocycles. The van der Waals surface area contributed by atoms with Crippen LogP contribution in [0.3, 0.4) is 0 Å². The molecule has 51 nitrogen and oxygen atoms in total. The van der Waals surface area contributed by atoms with Gasteiger partial charge in [0.25, 0.3) is 6.47 Å². The number of rotatable bonds is 33. The van der Waals surface area contributed by atoms with E-state index in [4.69, 9.17) is 85.3 Å². The van der Waals surface area contributed by atoms with Crippen molar-refractivity contribution in [2.75, 3.05) is 59.5 Å². The molecule has 0 aliphatic carbocycles. The van der Waals surface area contributed by atoms with Crippen LogP contribution >= 0.6 is 0 Å². The molecule has 682 valence electrons. The van der Waals surface area contributed by atoms with E-state index in [9.17, 15) is 147 Å². The van der Waals surface area contributed by atoms with E-state index in [2.05, 4.69) is 21.3 Å². The Bertz CT molecular complexity index is 3180. The van der Waals surface area contributed by atoms with Gasteiger partial charge in [-0.15, -0.1) is 0 Å². The van der Waals surface area contributed by atoms with Crippen LogP contribution in [0.1, 0.15) is 48.0 Å². The van der Waals surface area contributed by atoms with E-state index in [-0.39, 0.29) is 6.47 Å². The van der Waals surface area contributed by atoms with E-state index in [0.29, 0.717) is 0 Å². The van der Waals surface area contributed by atoms with Crippen molar-refractivity contribution in [2.45, 2.75) is 324 Å². The Balaban J connectivity index is 1.03. The van der Waals surface area contributed by atoms with E-state index in [1.165, 1.54) is 13.8 Å². The number of aliphatic hydroxyl groups is 24. The third-order valence-electron chi connectivity index (χ3n) is 21.9. The van der Waals surface area contributed by atoms with Crippen LogP contribution in [0, 0.1) is 5.92 Å². The summed E-state index contributed by atoms with van der Waals surface area (Å²) in [7, 11) is 0. The van der Waals surface area contributed by atoms with Gasteiger partial charge in [-0.1, -0.05) is 6.92 Å². The molecule has 0 radical (unpaired) electrons.